The Labute approximate surface area is 132 Å². The summed E-state index contributed by atoms with van der Waals surface area (Å²) in [4.78, 5) is 14.4. The van der Waals surface area contributed by atoms with Crippen molar-refractivity contribution in [3.8, 4) is 5.75 Å². The van der Waals surface area contributed by atoms with Gasteiger partial charge in [0.05, 0.1) is 13.7 Å². The summed E-state index contributed by atoms with van der Waals surface area (Å²) in [6.45, 7) is 4.31. The predicted octanol–water partition coefficient (Wildman–Crippen LogP) is 2.98. The highest BCUT2D eigenvalue weighted by Crippen LogP contribution is 2.21. The second-order valence-corrected chi connectivity index (χ2v) is 5.81. The molecule has 4 heteroatoms. The lowest BCUT2D eigenvalue weighted by molar-refractivity contribution is -0.128. The maximum atomic E-state index is 12.5. The van der Waals surface area contributed by atoms with Gasteiger partial charge in [0.25, 0.3) is 0 Å². The highest BCUT2D eigenvalue weighted by Gasteiger charge is 2.22. The van der Waals surface area contributed by atoms with E-state index in [9.17, 15) is 4.79 Å². The molecule has 0 aromatic heterocycles. The van der Waals surface area contributed by atoms with Crippen LogP contribution in [0.5, 0.6) is 5.75 Å². The summed E-state index contributed by atoms with van der Waals surface area (Å²) in [5.41, 5.74) is 1.97. The summed E-state index contributed by atoms with van der Waals surface area (Å²) >= 11 is 0. The van der Waals surface area contributed by atoms with Crippen LogP contribution in [0.1, 0.15) is 25.3 Å². The van der Waals surface area contributed by atoms with Gasteiger partial charge in [0, 0.05) is 26.3 Å². The van der Waals surface area contributed by atoms with Crippen molar-refractivity contribution in [3.63, 3.8) is 0 Å². The van der Waals surface area contributed by atoms with Crippen LogP contribution in [0.25, 0.3) is 5.57 Å². The Kier molecular flexibility index (Phi) is 6.01. The Morgan fingerprint density at radius 2 is 2.23 bits per heavy atom. The molecule has 0 spiro atoms. The lowest BCUT2D eigenvalue weighted by atomic mass is 9.98. The van der Waals surface area contributed by atoms with Crippen molar-refractivity contribution in [2.75, 3.05) is 33.9 Å². The van der Waals surface area contributed by atoms with Gasteiger partial charge in [-0.05, 0) is 49.0 Å². The van der Waals surface area contributed by atoms with E-state index < -0.39 is 0 Å². The van der Waals surface area contributed by atoms with Gasteiger partial charge in [0.1, 0.15) is 5.75 Å². The highest BCUT2D eigenvalue weighted by atomic mass is 16.5. The fourth-order valence-corrected chi connectivity index (χ4v) is 2.87. The second-order valence-electron chi connectivity index (χ2n) is 5.81. The molecule has 1 aromatic carbocycles. The van der Waals surface area contributed by atoms with Gasteiger partial charge in [-0.3, -0.25) is 4.79 Å². The van der Waals surface area contributed by atoms with E-state index in [4.69, 9.17) is 9.47 Å². The van der Waals surface area contributed by atoms with Gasteiger partial charge < -0.3 is 14.4 Å². The van der Waals surface area contributed by atoms with Gasteiger partial charge in [-0.25, -0.2) is 0 Å². The van der Waals surface area contributed by atoms with Crippen LogP contribution in [0.3, 0.4) is 0 Å². The van der Waals surface area contributed by atoms with Crippen LogP contribution >= 0.6 is 0 Å². The maximum absolute atomic E-state index is 12.5. The highest BCUT2D eigenvalue weighted by molar-refractivity contribution is 5.95. The molecule has 22 heavy (non-hydrogen) atoms. The number of benzene rings is 1. The molecular weight excluding hydrogens is 278 g/mol. The molecule has 1 saturated heterocycles. The lowest BCUT2D eigenvalue weighted by Gasteiger charge is -2.31. The minimum atomic E-state index is 0.0844. The number of hydrogen-bond donors (Lipinski definition) is 0. The number of amides is 1. The minimum absolute atomic E-state index is 0.0844. The Bertz CT molecular complexity index is 537. The molecule has 1 fully saturated rings. The number of methoxy groups -OCH3 is 2. The quantitative estimate of drug-likeness (QED) is 0.785. The van der Waals surface area contributed by atoms with Crippen LogP contribution in [-0.2, 0) is 9.53 Å². The first-order valence-corrected chi connectivity index (χ1v) is 7.74. The Morgan fingerprint density at radius 3 is 2.95 bits per heavy atom. The molecule has 1 amide bonds. The third kappa shape index (κ3) is 4.34. The van der Waals surface area contributed by atoms with Crippen LogP contribution in [0.15, 0.2) is 30.3 Å². The minimum Gasteiger partial charge on any atom is -0.497 e. The number of ether oxygens (including phenoxy) is 2. The summed E-state index contributed by atoms with van der Waals surface area (Å²) in [6, 6.07) is 7.78. The number of carbonyl (C=O) groups is 1. The fraction of sp³-hybridized carbons (Fsp3) is 0.500. The van der Waals surface area contributed by atoms with Gasteiger partial charge in [-0.2, -0.15) is 0 Å². The first-order chi connectivity index (χ1) is 10.6. The van der Waals surface area contributed by atoms with Gasteiger partial charge in [0.2, 0.25) is 5.91 Å². The average Bonchev–Trinajstić information content (AvgIpc) is 2.55. The zero-order chi connectivity index (χ0) is 15.9. The van der Waals surface area contributed by atoms with E-state index in [-0.39, 0.29) is 5.91 Å². The SMILES string of the molecule is COCC1CCCN(C(=O)C=C(C)c2cccc(OC)c2)C1. The van der Waals surface area contributed by atoms with Crippen LogP contribution in [-0.4, -0.2) is 44.7 Å². The van der Waals surface area contributed by atoms with Crippen LogP contribution in [0.4, 0.5) is 0 Å². The molecule has 2 rings (SSSR count). The molecule has 4 nitrogen and oxygen atoms in total. The van der Waals surface area contributed by atoms with Crippen molar-refractivity contribution in [1.29, 1.82) is 0 Å². The zero-order valence-electron chi connectivity index (χ0n) is 13.7. The smallest absolute Gasteiger partial charge is 0.246 e. The molecule has 1 aromatic rings. The van der Waals surface area contributed by atoms with Gasteiger partial charge in [-0.15, -0.1) is 0 Å². The Balaban J connectivity index is 2.05. The van der Waals surface area contributed by atoms with Gasteiger partial charge in [0.15, 0.2) is 0 Å². The van der Waals surface area contributed by atoms with Crippen LogP contribution in [0.2, 0.25) is 0 Å². The predicted molar refractivity (Wildman–Crippen MR) is 87.8 cm³/mol. The second kappa shape index (κ2) is 7.99. The summed E-state index contributed by atoms with van der Waals surface area (Å²) in [5, 5.41) is 0. The monoisotopic (exact) mass is 303 g/mol. The topological polar surface area (TPSA) is 38.8 Å². The summed E-state index contributed by atoms with van der Waals surface area (Å²) in [7, 11) is 3.36. The van der Waals surface area contributed by atoms with Crippen molar-refractivity contribution in [3.05, 3.63) is 35.9 Å². The largest absolute Gasteiger partial charge is 0.497 e. The van der Waals surface area contributed by atoms with E-state index in [1.165, 1.54) is 0 Å². The molecule has 0 radical (unpaired) electrons. The molecule has 0 saturated carbocycles. The third-order valence-corrected chi connectivity index (χ3v) is 4.10. The standard InChI is InChI=1S/C18H25NO3/c1-14(16-7-4-8-17(11-16)22-3)10-18(20)19-9-5-6-15(12-19)13-21-2/h4,7-8,10-11,15H,5-6,9,12-13H2,1-3H3. The maximum Gasteiger partial charge on any atom is 0.246 e. The number of hydrogen-bond acceptors (Lipinski definition) is 3. The van der Waals surface area contributed by atoms with E-state index in [2.05, 4.69) is 0 Å². The first kappa shape index (κ1) is 16.6. The van der Waals surface area contributed by atoms with E-state index in [0.29, 0.717) is 5.92 Å². The lowest BCUT2D eigenvalue weighted by Crippen LogP contribution is -2.40. The number of piperidine rings is 1. The summed E-state index contributed by atoms with van der Waals surface area (Å²) in [6.07, 6.45) is 3.91. The molecule has 0 N–H and O–H groups in total. The normalized spacial score (nSPS) is 19.1. The van der Waals surface area contributed by atoms with Gasteiger partial charge in [-0.1, -0.05) is 12.1 Å². The number of carbonyl (C=O) groups excluding carboxylic acids is 1. The van der Waals surface area contributed by atoms with Crippen molar-refractivity contribution >= 4 is 11.5 Å². The van der Waals surface area contributed by atoms with E-state index in [1.807, 2.05) is 36.1 Å². The first-order valence-electron chi connectivity index (χ1n) is 7.74. The van der Waals surface area contributed by atoms with E-state index in [1.54, 1.807) is 20.3 Å². The zero-order valence-corrected chi connectivity index (χ0v) is 13.7. The average molecular weight is 303 g/mol. The molecule has 1 unspecified atom stereocenters. The van der Waals surface area contributed by atoms with Crippen LogP contribution < -0.4 is 4.74 Å². The number of rotatable bonds is 5. The van der Waals surface area contributed by atoms with Crippen molar-refractivity contribution in [2.45, 2.75) is 19.8 Å². The molecular formula is C18H25NO3. The van der Waals surface area contributed by atoms with Crippen molar-refractivity contribution in [1.82, 2.24) is 4.90 Å². The Morgan fingerprint density at radius 1 is 1.41 bits per heavy atom. The molecule has 1 aliphatic rings. The molecule has 0 aliphatic carbocycles. The molecule has 120 valence electrons. The third-order valence-electron chi connectivity index (χ3n) is 4.10. The fourth-order valence-electron chi connectivity index (χ4n) is 2.87. The molecule has 1 atom stereocenters. The van der Waals surface area contributed by atoms with E-state index >= 15 is 0 Å². The number of likely N-dealkylation sites (tertiary alicyclic amines) is 1. The Hall–Kier alpha value is -1.81. The molecule has 1 heterocycles. The van der Waals surface area contributed by atoms with Gasteiger partial charge >= 0.3 is 0 Å². The van der Waals surface area contributed by atoms with Crippen molar-refractivity contribution < 1.29 is 14.3 Å². The number of allylic oxidation sites excluding steroid dienone is 1. The van der Waals surface area contributed by atoms with Crippen LogP contribution in [0, 0.1) is 5.92 Å². The van der Waals surface area contributed by atoms with Crippen molar-refractivity contribution in [2.24, 2.45) is 5.92 Å². The molecule has 0 bridgehead atoms. The molecule has 1 aliphatic heterocycles. The van der Waals surface area contributed by atoms with E-state index in [0.717, 1.165) is 49.4 Å². The number of nitrogens with zero attached hydrogens (tertiary/aromatic N) is 1. The summed E-state index contributed by atoms with van der Waals surface area (Å²) < 4.78 is 10.4. The summed E-state index contributed by atoms with van der Waals surface area (Å²) in [5.74, 6) is 1.34.